The van der Waals surface area contributed by atoms with E-state index in [1.54, 1.807) is 13.0 Å². The Morgan fingerprint density at radius 1 is 0.974 bits per heavy atom. The van der Waals surface area contributed by atoms with E-state index in [1.165, 1.54) is 24.1 Å². The minimum atomic E-state index is -3.94. The number of carbonyl (C=O) groups is 2. The number of ether oxygens (including phenoxy) is 1. The number of amides is 2. The fraction of sp³-hybridized carbons (Fsp3) is 0.286. The lowest BCUT2D eigenvalue weighted by atomic mass is 10.0. The van der Waals surface area contributed by atoms with Crippen LogP contribution in [-0.2, 0) is 32.6 Å². The summed E-state index contributed by atoms with van der Waals surface area (Å²) in [5, 5.41) is 3.11. The number of benzene rings is 3. The van der Waals surface area contributed by atoms with E-state index in [4.69, 9.17) is 16.3 Å². The first-order valence-electron chi connectivity index (χ1n) is 12.1. The molecule has 3 aromatic carbocycles. The van der Waals surface area contributed by atoms with Crippen molar-refractivity contribution >= 4 is 39.1 Å². The fourth-order valence-corrected chi connectivity index (χ4v) is 5.09. The molecule has 0 heterocycles. The Labute approximate surface area is 229 Å². The molecule has 3 rings (SSSR count). The van der Waals surface area contributed by atoms with E-state index in [1.807, 2.05) is 60.7 Å². The van der Waals surface area contributed by atoms with Gasteiger partial charge in [0.15, 0.2) is 0 Å². The second-order valence-electron chi connectivity index (χ2n) is 8.69. The molecule has 0 aliphatic rings. The number of rotatable bonds is 12. The normalized spacial score (nSPS) is 11.9. The number of sulfonamides is 1. The first-order valence-corrected chi connectivity index (χ1v) is 14.3. The molecule has 0 aliphatic carbocycles. The minimum Gasteiger partial charge on any atom is -0.495 e. The van der Waals surface area contributed by atoms with Gasteiger partial charge in [-0.2, -0.15) is 0 Å². The Morgan fingerprint density at radius 3 is 2.13 bits per heavy atom. The van der Waals surface area contributed by atoms with Crippen LogP contribution in [0.15, 0.2) is 78.9 Å². The van der Waals surface area contributed by atoms with E-state index in [-0.39, 0.29) is 35.3 Å². The third-order valence-corrected chi connectivity index (χ3v) is 7.27. The molecule has 0 saturated carbocycles. The van der Waals surface area contributed by atoms with E-state index >= 15 is 0 Å². The number of nitrogens with zero attached hydrogens (tertiary/aromatic N) is 2. The van der Waals surface area contributed by atoms with Crippen LogP contribution in [0, 0.1) is 0 Å². The van der Waals surface area contributed by atoms with Crippen LogP contribution in [0.25, 0.3) is 0 Å². The van der Waals surface area contributed by atoms with Gasteiger partial charge >= 0.3 is 0 Å². The zero-order chi connectivity index (χ0) is 27.7. The standard InChI is InChI=1S/C28H32ClN3O5S/c1-4-30-28(34)25(17-21-11-7-5-8-12-21)31(19-22-13-9-6-10-14-22)27(33)20-32(38(3,35)36)24-18-23(29)15-16-26(24)37-2/h5-16,18,25H,4,17,19-20H2,1-3H3,(H,30,34). The van der Waals surface area contributed by atoms with Crippen molar-refractivity contribution in [2.75, 3.05) is 30.8 Å². The zero-order valence-electron chi connectivity index (χ0n) is 21.6. The van der Waals surface area contributed by atoms with Gasteiger partial charge in [0.05, 0.1) is 19.1 Å². The Morgan fingerprint density at radius 2 is 1.58 bits per heavy atom. The van der Waals surface area contributed by atoms with Gasteiger partial charge in [0.25, 0.3) is 0 Å². The van der Waals surface area contributed by atoms with Gasteiger partial charge in [-0.25, -0.2) is 8.42 Å². The SMILES string of the molecule is CCNC(=O)C(Cc1ccccc1)N(Cc1ccccc1)C(=O)CN(c1cc(Cl)ccc1OC)S(C)(=O)=O. The van der Waals surface area contributed by atoms with Crippen LogP contribution in [0.2, 0.25) is 5.02 Å². The zero-order valence-corrected chi connectivity index (χ0v) is 23.2. The molecule has 0 aromatic heterocycles. The van der Waals surface area contributed by atoms with E-state index in [0.717, 1.165) is 21.7 Å². The maximum absolute atomic E-state index is 14.0. The summed E-state index contributed by atoms with van der Waals surface area (Å²) in [6.07, 6.45) is 1.26. The maximum Gasteiger partial charge on any atom is 0.244 e. The number of halogens is 1. The molecule has 1 atom stereocenters. The molecule has 2 amide bonds. The number of hydrogen-bond acceptors (Lipinski definition) is 5. The Kier molecular flexibility index (Phi) is 10.2. The summed E-state index contributed by atoms with van der Waals surface area (Å²) in [5.41, 5.74) is 1.80. The molecule has 0 fully saturated rings. The summed E-state index contributed by atoms with van der Waals surface area (Å²) < 4.78 is 32.1. The molecular formula is C28H32ClN3O5S. The van der Waals surface area contributed by atoms with Crippen molar-refractivity contribution in [2.24, 2.45) is 0 Å². The maximum atomic E-state index is 14.0. The monoisotopic (exact) mass is 557 g/mol. The summed E-state index contributed by atoms with van der Waals surface area (Å²) in [5.74, 6) is -0.632. The van der Waals surface area contributed by atoms with Crippen molar-refractivity contribution in [3.05, 3.63) is 95.0 Å². The Hall–Kier alpha value is -3.56. The average molecular weight is 558 g/mol. The third-order valence-electron chi connectivity index (χ3n) is 5.91. The Bertz CT molecular complexity index is 1340. The molecule has 202 valence electrons. The summed E-state index contributed by atoms with van der Waals surface area (Å²) >= 11 is 6.17. The summed E-state index contributed by atoms with van der Waals surface area (Å²) in [7, 11) is -2.53. The molecule has 38 heavy (non-hydrogen) atoms. The van der Waals surface area contributed by atoms with Gasteiger partial charge in [-0.05, 0) is 36.2 Å². The predicted octanol–water partition coefficient (Wildman–Crippen LogP) is 3.89. The van der Waals surface area contributed by atoms with Crippen molar-refractivity contribution in [2.45, 2.75) is 25.9 Å². The van der Waals surface area contributed by atoms with Crippen LogP contribution in [0.5, 0.6) is 5.75 Å². The first-order chi connectivity index (χ1) is 18.1. The summed E-state index contributed by atoms with van der Waals surface area (Å²) in [4.78, 5) is 28.7. The topological polar surface area (TPSA) is 96.0 Å². The highest BCUT2D eigenvalue weighted by Crippen LogP contribution is 2.33. The van der Waals surface area contributed by atoms with E-state index in [2.05, 4.69) is 5.32 Å². The first kappa shape index (κ1) is 29.0. The van der Waals surface area contributed by atoms with Crippen molar-refractivity contribution in [3.8, 4) is 5.75 Å². The number of nitrogens with one attached hydrogen (secondary N) is 1. The molecule has 0 bridgehead atoms. The predicted molar refractivity (Wildman–Crippen MR) is 150 cm³/mol. The largest absolute Gasteiger partial charge is 0.495 e. The van der Waals surface area contributed by atoms with Gasteiger partial charge in [-0.1, -0.05) is 72.3 Å². The number of methoxy groups -OCH3 is 1. The van der Waals surface area contributed by atoms with Crippen LogP contribution in [0.1, 0.15) is 18.1 Å². The van der Waals surface area contributed by atoms with E-state index < -0.39 is 28.5 Å². The van der Waals surface area contributed by atoms with Crippen LogP contribution >= 0.6 is 11.6 Å². The lowest BCUT2D eigenvalue weighted by Crippen LogP contribution is -2.53. The summed E-state index contributed by atoms with van der Waals surface area (Å²) in [6.45, 7) is 1.75. The fourth-order valence-electron chi connectivity index (χ4n) is 4.08. The van der Waals surface area contributed by atoms with Crippen molar-refractivity contribution in [1.82, 2.24) is 10.2 Å². The molecule has 0 saturated heterocycles. The highest BCUT2D eigenvalue weighted by molar-refractivity contribution is 7.92. The third kappa shape index (κ3) is 7.72. The number of carbonyl (C=O) groups excluding carboxylic acids is 2. The number of hydrogen-bond donors (Lipinski definition) is 1. The van der Waals surface area contributed by atoms with Crippen molar-refractivity contribution in [1.29, 1.82) is 0 Å². The van der Waals surface area contributed by atoms with Gasteiger partial charge in [0.1, 0.15) is 18.3 Å². The van der Waals surface area contributed by atoms with Gasteiger partial charge in [0.2, 0.25) is 21.8 Å². The second kappa shape index (κ2) is 13.3. The quantitative estimate of drug-likeness (QED) is 0.364. The van der Waals surface area contributed by atoms with Gasteiger partial charge < -0.3 is 15.0 Å². The molecule has 10 heteroatoms. The Balaban J connectivity index is 2.06. The molecule has 1 unspecified atom stereocenters. The van der Waals surface area contributed by atoms with Crippen LogP contribution in [-0.4, -0.2) is 57.6 Å². The highest BCUT2D eigenvalue weighted by Gasteiger charge is 2.33. The smallest absolute Gasteiger partial charge is 0.244 e. The van der Waals surface area contributed by atoms with E-state index in [0.29, 0.717) is 6.54 Å². The highest BCUT2D eigenvalue weighted by atomic mass is 35.5. The molecule has 8 nitrogen and oxygen atoms in total. The van der Waals surface area contributed by atoms with Crippen LogP contribution < -0.4 is 14.4 Å². The van der Waals surface area contributed by atoms with E-state index in [9.17, 15) is 18.0 Å². The number of anilines is 1. The van der Waals surface area contributed by atoms with Crippen LogP contribution in [0.3, 0.4) is 0 Å². The van der Waals surface area contributed by atoms with Gasteiger partial charge in [-0.3, -0.25) is 13.9 Å². The molecular weight excluding hydrogens is 526 g/mol. The van der Waals surface area contributed by atoms with Gasteiger partial charge in [-0.15, -0.1) is 0 Å². The number of likely N-dealkylation sites (N-methyl/N-ethyl adjacent to an activating group) is 1. The minimum absolute atomic E-state index is 0.110. The van der Waals surface area contributed by atoms with Crippen LogP contribution in [0.4, 0.5) is 5.69 Å². The molecule has 0 radical (unpaired) electrons. The lowest BCUT2D eigenvalue weighted by Gasteiger charge is -2.33. The lowest BCUT2D eigenvalue weighted by molar-refractivity contribution is -0.140. The average Bonchev–Trinajstić information content (AvgIpc) is 2.89. The van der Waals surface area contributed by atoms with Crippen molar-refractivity contribution in [3.63, 3.8) is 0 Å². The second-order valence-corrected chi connectivity index (χ2v) is 11.0. The molecule has 3 aromatic rings. The summed E-state index contributed by atoms with van der Waals surface area (Å²) in [6, 6.07) is 22.3. The molecule has 1 N–H and O–H groups in total. The molecule has 0 aliphatic heterocycles. The van der Waals surface area contributed by atoms with Gasteiger partial charge in [0, 0.05) is 24.5 Å². The van der Waals surface area contributed by atoms with Crippen molar-refractivity contribution < 1.29 is 22.7 Å². The molecule has 0 spiro atoms.